The Labute approximate surface area is 123 Å². The van der Waals surface area contributed by atoms with E-state index in [4.69, 9.17) is 5.73 Å². The van der Waals surface area contributed by atoms with Gasteiger partial charge in [0, 0.05) is 33.8 Å². The van der Waals surface area contributed by atoms with Crippen LogP contribution in [0, 0.1) is 3.57 Å². The van der Waals surface area contributed by atoms with Crippen LogP contribution in [0.4, 0.5) is 0 Å². The molecule has 0 aliphatic heterocycles. The second-order valence-corrected chi connectivity index (χ2v) is 6.31. The summed E-state index contributed by atoms with van der Waals surface area (Å²) in [6, 6.07) is 8.35. The van der Waals surface area contributed by atoms with Gasteiger partial charge in [-0.15, -0.1) is 11.3 Å². The third-order valence-electron chi connectivity index (χ3n) is 2.87. The lowest BCUT2D eigenvalue weighted by Crippen LogP contribution is -2.13. The van der Waals surface area contributed by atoms with Gasteiger partial charge in [0.15, 0.2) is 4.96 Å². The van der Waals surface area contributed by atoms with Gasteiger partial charge in [0.2, 0.25) is 0 Å². The minimum Gasteiger partial charge on any atom is -0.324 e. The van der Waals surface area contributed by atoms with Gasteiger partial charge in [0.1, 0.15) is 0 Å². The van der Waals surface area contributed by atoms with Crippen LogP contribution in [0.5, 0.6) is 0 Å². The summed E-state index contributed by atoms with van der Waals surface area (Å²) in [4.78, 5) is 5.58. The number of hydrogen-bond acceptors (Lipinski definition) is 3. The molecule has 0 amide bonds. The average Bonchev–Trinajstić information content (AvgIpc) is 2.90. The van der Waals surface area contributed by atoms with Gasteiger partial charge in [0.05, 0.1) is 5.69 Å². The SMILES string of the molecule is NC(Cc1cn2ccsc2n1)c1ccc(I)cc1. The van der Waals surface area contributed by atoms with Crippen LogP contribution in [0.3, 0.4) is 0 Å². The highest BCUT2D eigenvalue weighted by molar-refractivity contribution is 14.1. The van der Waals surface area contributed by atoms with Crippen LogP contribution in [-0.4, -0.2) is 9.38 Å². The molecule has 0 spiro atoms. The largest absolute Gasteiger partial charge is 0.324 e. The molecule has 92 valence electrons. The normalized spacial score (nSPS) is 13.0. The Balaban J connectivity index is 1.79. The van der Waals surface area contributed by atoms with Gasteiger partial charge in [-0.2, -0.15) is 0 Å². The van der Waals surface area contributed by atoms with Crippen molar-refractivity contribution in [2.24, 2.45) is 5.73 Å². The zero-order valence-electron chi connectivity index (χ0n) is 9.58. The van der Waals surface area contributed by atoms with E-state index in [1.54, 1.807) is 11.3 Å². The van der Waals surface area contributed by atoms with E-state index in [0.29, 0.717) is 0 Å². The highest BCUT2D eigenvalue weighted by Crippen LogP contribution is 2.19. The molecular formula is C13H12IN3S. The fourth-order valence-corrected chi connectivity index (χ4v) is 3.01. The van der Waals surface area contributed by atoms with Crippen molar-refractivity contribution in [3.63, 3.8) is 0 Å². The molecule has 0 aliphatic rings. The number of fused-ring (bicyclic) bond motifs is 1. The fourth-order valence-electron chi connectivity index (χ4n) is 1.93. The van der Waals surface area contributed by atoms with Gasteiger partial charge in [-0.1, -0.05) is 12.1 Å². The molecule has 3 nitrogen and oxygen atoms in total. The number of halogens is 1. The molecule has 0 bridgehead atoms. The van der Waals surface area contributed by atoms with Crippen molar-refractivity contribution in [1.29, 1.82) is 0 Å². The number of hydrogen-bond donors (Lipinski definition) is 1. The van der Waals surface area contributed by atoms with Gasteiger partial charge >= 0.3 is 0 Å². The van der Waals surface area contributed by atoms with Crippen molar-refractivity contribution in [1.82, 2.24) is 9.38 Å². The standard InChI is InChI=1S/C13H12IN3S/c14-10-3-1-9(2-4-10)12(15)7-11-8-17-5-6-18-13(17)16-11/h1-6,8,12H,7,15H2. The van der Waals surface area contributed by atoms with Crippen LogP contribution in [0.2, 0.25) is 0 Å². The number of nitrogens with two attached hydrogens (primary N) is 1. The minimum atomic E-state index is 0.00612. The molecule has 18 heavy (non-hydrogen) atoms. The van der Waals surface area contributed by atoms with E-state index in [2.05, 4.69) is 58.0 Å². The highest BCUT2D eigenvalue weighted by atomic mass is 127. The van der Waals surface area contributed by atoms with Gasteiger partial charge < -0.3 is 5.73 Å². The second-order valence-electron chi connectivity index (χ2n) is 4.19. The molecule has 2 aromatic heterocycles. The number of benzene rings is 1. The van der Waals surface area contributed by atoms with E-state index >= 15 is 0 Å². The molecule has 1 atom stereocenters. The molecule has 0 saturated carbocycles. The lowest BCUT2D eigenvalue weighted by Gasteiger charge is -2.10. The molecule has 3 aromatic rings. The Bertz CT molecular complexity index is 628. The summed E-state index contributed by atoms with van der Waals surface area (Å²) in [6.45, 7) is 0. The summed E-state index contributed by atoms with van der Waals surface area (Å²) < 4.78 is 3.27. The maximum absolute atomic E-state index is 6.22. The molecule has 5 heteroatoms. The van der Waals surface area contributed by atoms with Crippen LogP contribution < -0.4 is 5.73 Å². The van der Waals surface area contributed by atoms with Gasteiger partial charge in [-0.25, -0.2) is 4.98 Å². The molecule has 3 rings (SSSR count). The van der Waals surface area contributed by atoms with Crippen LogP contribution in [-0.2, 0) is 6.42 Å². The summed E-state index contributed by atoms with van der Waals surface area (Å²) in [5, 5.41) is 2.03. The summed E-state index contributed by atoms with van der Waals surface area (Å²) >= 11 is 3.94. The van der Waals surface area contributed by atoms with E-state index in [9.17, 15) is 0 Å². The Kier molecular flexibility index (Phi) is 3.36. The molecule has 0 radical (unpaired) electrons. The van der Waals surface area contributed by atoms with Crippen LogP contribution >= 0.6 is 33.9 Å². The number of aromatic nitrogens is 2. The van der Waals surface area contributed by atoms with E-state index in [1.807, 2.05) is 16.0 Å². The molecule has 2 heterocycles. The Morgan fingerprint density at radius 2 is 2.11 bits per heavy atom. The quantitative estimate of drug-likeness (QED) is 0.721. The summed E-state index contributed by atoms with van der Waals surface area (Å²) in [5.41, 5.74) is 8.43. The lowest BCUT2D eigenvalue weighted by atomic mass is 10.0. The van der Waals surface area contributed by atoms with Crippen molar-refractivity contribution in [2.75, 3.05) is 0 Å². The van der Waals surface area contributed by atoms with E-state index in [0.717, 1.165) is 22.6 Å². The first kappa shape index (κ1) is 12.1. The molecule has 2 N–H and O–H groups in total. The van der Waals surface area contributed by atoms with Crippen LogP contribution in [0.25, 0.3) is 4.96 Å². The Hall–Kier alpha value is -0.920. The van der Waals surface area contributed by atoms with Crippen molar-refractivity contribution < 1.29 is 0 Å². The first-order valence-electron chi connectivity index (χ1n) is 5.64. The van der Waals surface area contributed by atoms with Gasteiger partial charge in [-0.3, -0.25) is 4.40 Å². The number of thiazole rings is 1. The van der Waals surface area contributed by atoms with Crippen LogP contribution in [0.1, 0.15) is 17.3 Å². The zero-order chi connectivity index (χ0) is 12.5. The predicted molar refractivity (Wildman–Crippen MR) is 82.9 cm³/mol. The molecular weight excluding hydrogens is 357 g/mol. The van der Waals surface area contributed by atoms with Crippen molar-refractivity contribution in [3.8, 4) is 0 Å². The lowest BCUT2D eigenvalue weighted by molar-refractivity contribution is 0.710. The number of imidazole rings is 1. The molecule has 0 saturated heterocycles. The van der Waals surface area contributed by atoms with Crippen LogP contribution in [0.15, 0.2) is 42.0 Å². The minimum absolute atomic E-state index is 0.00612. The zero-order valence-corrected chi connectivity index (χ0v) is 12.6. The summed E-state index contributed by atoms with van der Waals surface area (Å²) in [6.07, 6.45) is 4.85. The third-order valence-corrected chi connectivity index (χ3v) is 4.36. The molecule has 0 fully saturated rings. The molecule has 1 unspecified atom stereocenters. The monoisotopic (exact) mass is 369 g/mol. The number of rotatable bonds is 3. The van der Waals surface area contributed by atoms with Gasteiger partial charge in [0.25, 0.3) is 0 Å². The summed E-state index contributed by atoms with van der Waals surface area (Å²) in [5.74, 6) is 0. The summed E-state index contributed by atoms with van der Waals surface area (Å²) in [7, 11) is 0. The Morgan fingerprint density at radius 1 is 1.33 bits per heavy atom. The third kappa shape index (κ3) is 2.43. The highest BCUT2D eigenvalue weighted by Gasteiger charge is 2.10. The topological polar surface area (TPSA) is 43.3 Å². The maximum Gasteiger partial charge on any atom is 0.193 e. The first-order valence-corrected chi connectivity index (χ1v) is 7.60. The molecule has 0 aliphatic carbocycles. The number of nitrogens with zero attached hydrogens (tertiary/aromatic N) is 2. The Morgan fingerprint density at radius 3 is 2.83 bits per heavy atom. The first-order chi connectivity index (χ1) is 8.72. The average molecular weight is 369 g/mol. The van der Waals surface area contributed by atoms with Crippen molar-refractivity contribution >= 4 is 38.9 Å². The van der Waals surface area contributed by atoms with Crippen molar-refractivity contribution in [2.45, 2.75) is 12.5 Å². The van der Waals surface area contributed by atoms with Crippen molar-refractivity contribution in [3.05, 3.63) is 56.9 Å². The fraction of sp³-hybridized carbons (Fsp3) is 0.154. The van der Waals surface area contributed by atoms with E-state index in [-0.39, 0.29) is 6.04 Å². The maximum atomic E-state index is 6.22. The van der Waals surface area contributed by atoms with Gasteiger partial charge in [-0.05, 0) is 40.3 Å². The smallest absolute Gasteiger partial charge is 0.193 e. The second kappa shape index (κ2) is 4.99. The van der Waals surface area contributed by atoms with E-state index in [1.165, 1.54) is 3.57 Å². The molecule has 1 aromatic carbocycles. The van der Waals surface area contributed by atoms with E-state index < -0.39 is 0 Å². The predicted octanol–water partition coefficient (Wildman–Crippen LogP) is 3.24.